The Hall–Kier alpha value is -0.550. The molecule has 0 aliphatic heterocycles. The molecule has 1 aliphatic carbocycles. The molecule has 1 aromatic heterocycles. The Labute approximate surface area is 101 Å². The van der Waals surface area contributed by atoms with Crippen LogP contribution in [0.25, 0.3) is 0 Å². The minimum absolute atomic E-state index is 0.650. The van der Waals surface area contributed by atoms with Crippen molar-refractivity contribution >= 4 is 11.8 Å². The maximum absolute atomic E-state index is 4.28. The van der Waals surface area contributed by atoms with Gasteiger partial charge >= 0.3 is 0 Å². The van der Waals surface area contributed by atoms with Crippen molar-refractivity contribution in [3.63, 3.8) is 0 Å². The van der Waals surface area contributed by atoms with Crippen LogP contribution in [0, 0.1) is 0 Å². The van der Waals surface area contributed by atoms with Gasteiger partial charge in [-0.2, -0.15) is 16.9 Å². The number of thioether (sulfide) groups is 1. The molecule has 1 heterocycles. The van der Waals surface area contributed by atoms with Crippen molar-refractivity contribution in [1.82, 2.24) is 20.1 Å². The van der Waals surface area contributed by atoms with Crippen LogP contribution in [0.4, 0.5) is 0 Å². The molecule has 0 amide bonds. The molecular weight excluding hydrogens is 220 g/mol. The van der Waals surface area contributed by atoms with Crippen LogP contribution in [0.3, 0.4) is 0 Å². The Kier molecular flexibility index (Phi) is 4.23. The number of rotatable bonds is 5. The van der Waals surface area contributed by atoms with Crippen LogP contribution in [-0.4, -0.2) is 32.3 Å². The fourth-order valence-electron chi connectivity index (χ4n) is 2.35. The van der Waals surface area contributed by atoms with E-state index >= 15 is 0 Å². The SMILES string of the molecule is CCn1ncnc1CNC1CCCC1SC. The molecule has 0 saturated heterocycles. The highest BCUT2D eigenvalue weighted by Crippen LogP contribution is 2.28. The van der Waals surface area contributed by atoms with Crippen molar-refractivity contribution in [2.45, 2.75) is 50.6 Å². The topological polar surface area (TPSA) is 42.7 Å². The van der Waals surface area contributed by atoms with Crippen molar-refractivity contribution in [2.24, 2.45) is 0 Å². The molecule has 16 heavy (non-hydrogen) atoms. The molecule has 1 saturated carbocycles. The second-order valence-electron chi connectivity index (χ2n) is 4.18. The summed E-state index contributed by atoms with van der Waals surface area (Å²) >= 11 is 1.98. The van der Waals surface area contributed by atoms with Gasteiger partial charge < -0.3 is 5.32 Å². The van der Waals surface area contributed by atoms with Gasteiger partial charge in [-0.15, -0.1) is 0 Å². The molecule has 0 aromatic carbocycles. The Morgan fingerprint density at radius 2 is 2.44 bits per heavy atom. The summed E-state index contributed by atoms with van der Waals surface area (Å²) in [6, 6.07) is 0.650. The maximum Gasteiger partial charge on any atom is 0.140 e. The fourth-order valence-corrected chi connectivity index (χ4v) is 3.32. The van der Waals surface area contributed by atoms with E-state index in [0.717, 1.165) is 24.2 Å². The summed E-state index contributed by atoms with van der Waals surface area (Å²) in [5.74, 6) is 1.05. The monoisotopic (exact) mass is 240 g/mol. The van der Waals surface area contributed by atoms with Gasteiger partial charge in [-0.05, 0) is 26.0 Å². The highest BCUT2D eigenvalue weighted by molar-refractivity contribution is 7.99. The van der Waals surface area contributed by atoms with Crippen LogP contribution in [0.2, 0.25) is 0 Å². The van der Waals surface area contributed by atoms with Gasteiger partial charge in [0.25, 0.3) is 0 Å². The number of nitrogens with zero attached hydrogens (tertiary/aromatic N) is 3. The van der Waals surface area contributed by atoms with E-state index in [0.29, 0.717) is 6.04 Å². The summed E-state index contributed by atoms with van der Waals surface area (Å²) in [5, 5.41) is 8.57. The quantitative estimate of drug-likeness (QED) is 0.850. The standard InChI is InChI=1S/C11H20N4S/c1-3-15-11(13-8-14-15)7-12-9-5-4-6-10(9)16-2/h8-10,12H,3-7H2,1-2H3. The maximum atomic E-state index is 4.28. The van der Waals surface area contributed by atoms with Gasteiger partial charge in [0, 0.05) is 17.8 Å². The lowest BCUT2D eigenvalue weighted by Crippen LogP contribution is -2.34. The number of hydrogen-bond donors (Lipinski definition) is 1. The fraction of sp³-hybridized carbons (Fsp3) is 0.818. The molecule has 1 fully saturated rings. The zero-order chi connectivity index (χ0) is 11.4. The van der Waals surface area contributed by atoms with E-state index in [2.05, 4.69) is 28.6 Å². The lowest BCUT2D eigenvalue weighted by Gasteiger charge is -2.18. The van der Waals surface area contributed by atoms with E-state index in [-0.39, 0.29) is 0 Å². The van der Waals surface area contributed by atoms with Crippen LogP contribution < -0.4 is 5.32 Å². The predicted octanol–water partition coefficient (Wildman–Crippen LogP) is 1.67. The van der Waals surface area contributed by atoms with Crippen molar-refractivity contribution in [1.29, 1.82) is 0 Å². The van der Waals surface area contributed by atoms with Crippen LogP contribution in [0.5, 0.6) is 0 Å². The first kappa shape index (κ1) is 11.9. The molecular formula is C11H20N4S. The second kappa shape index (κ2) is 5.68. The van der Waals surface area contributed by atoms with Crippen LogP contribution in [0.15, 0.2) is 6.33 Å². The Bertz CT molecular complexity index is 326. The predicted molar refractivity (Wildman–Crippen MR) is 67.5 cm³/mol. The summed E-state index contributed by atoms with van der Waals surface area (Å²) in [6.45, 7) is 3.83. The van der Waals surface area contributed by atoms with Gasteiger partial charge in [-0.3, -0.25) is 0 Å². The Morgan fingerprint density at radius 3 is 3.19 bits per heavy atom. The molecule has 4 nitrogen and oxygen atoms in total. The smallest absolute Gasteiger partial charge is 0.140 e. The van der Waals surface area contributed by atoms with Crippen LogP contribution in [-0.2, 0) is 13.1 Å². The molecule has 1 aliphatic rings. The van der Waals surface area contributed by atoms with E-state index in [4.69, 9.17) is 0 Å². The third kappa shape index (κ3) is 2.58. The van der Waals surface area contributed by atoms with Gasteiger partial charge in [0.1, 0.15) is 12.2 Å². The van der Waals surface area contributed by atoms with Gasteiger partial charge in [0.15, 0.2) is 0 Å². The van der Waals surface area contributed by atoms with Crippen molar-refractivity contribution in [2.75, 3.05) is 6.26 Å². The Balaban J connectivity index is 1.87. The van der Waals surface area contributed by atoms with Crippen molar-refractivity contribution in [3.8, 4) is 0 Å². The zero-order valence-corrected chi connectivity index (χ0v) is 10.8. The van der Waals surface area contributed by atoms with Crippen LogP contribution >= 0.6 is 11.8 Å². The summed E-state index contributed by atoms with van der Waals surface area (Å²) in [4.78, 5) is 4.28. The van der Waals surface area contributed by atoms with Crippen molar-refractivity contribution < 1.29 is 0 Å². The molecule has 0 spiro atoms. The third-order valence-corrected chi connectivity index (χ3v) is 4.44. The molecule has 90 valence electrons. The van der Waals surface area contributed by atoms with Gasteiger partial charge in [-0.1, -0.05) is 6.42 Å². The molecule has 0 radical (unpaired) electrons. The number of aromatic nitrogens is 3. The lowest BCUT2D eigenvalue weighted by atomic mass is 10.2. The first-order valence-electron chi connectivity index (χ1n) is 5.98. The highest BCUT2D eigenvalue weighted by Gasteiger charge is 2.26. The molecule has 0 bridgehead atoms. The van der Waals surface area contributed by atoms with E-state index in [1.165, 1.54) is 19.3 Å². The number of hydrogen-bond acceptors (Lipinski definition) is 4. The number of aryl methyl sites for hydroxylation is 1. The highest BCUT2D eigenvalue weighted by atomic mass is 32.2. The van der Waals surface area contributed by atoms with Gasteiger partial charge in [-0.25, -0.2) is 9.67 Å². The molecule has 2 unspecified atom stereocenters. The normalized spacial score (nSPS) is 25.1. The first-order valence-corrected chi connectivity index (χ1v) is 7.26. The van der Waals surface area contributed by atoms with E-state index < -0.39 is 0 Å². The van der Waals surface area contributed by atoms with E-state index in [1.54, 1.807) is 6.33 Å². The molecule has 2 rings (SSSR count). The molecule has 5 heteroatoms. The number of nitrogens with one attached hydrogen (secondary N) is 1. The largest absolute Gasteiger partial charge is 0.306 e. The summed E-state index contributed by atoms with van der Waals surface area (Å²) in [5.41, 5.74) is 0. The molecule has 2 atom stereocenters. The summed E-state index contributed by atoms with van der Waals surface area (Å²) in [6.07, 6.45) is 7.84. The minimum atomic E-state index is 0.650. The van der Waals surface area contributed by atoms with E-state index in [9.17, 15) is 0 Å². The lowest BCUT2D eigenvalue weighted by molar-refractivity contribution is 0.498. The van der Waals surface area contributed by atoms with Gasteiger partial charge in [0.2, 0.25) is 0 Å². The Morgan fingerprint density at radius 1 is 1.56 bits per heavy atom. The van der Waals surface area contributed by atoms with Crippen molar-refractivity contribution in [3.05, 3.63) is 12.2 Å². The summed E-state index contributed by atoms with van der Waals surface area (Å²) in [7, 11) is 0. The first-order chi connectivity index (χ1) is 7.85. The van der Waals surface area contributed by atoms with Gasteiger partial charge in [0.05, 0.1) is 6.54 Å². The third-order valence-electron chi connectivity index (χ3n) is 3.27. The summed E-state index contributed by atoms with van der Waals surface area (Å²) < 4.78 is 1.95. The average molecular weight is 240 g/mol. The van der Waals surface area contributed by atoms with E-state index in [1.807, 2.05) is 16.4 Å². The second-order valence-corrected chi connectivity index (χ2v) is 5.26. The zero-order valence-electron chi connectivity index (χ0n) is 10.0. The molecule has 1 N–H and O–H groups in total. The van der Waals surface area contributed by atoms with Crippen LogP contribution in [0.1, 0.15) is 32.0 Å². The molecule has 1 aromatic rings. The minimum Gasteiger partial charge on any atom is -0.306 e. The average Bonchev–Trinajstić information content (AvgIpc) is 2.94.